The fourth-order valence-electron chi connectivity index (χ4n) is 4.51. The lowest BCUT2D eigenvalue weighted by Crippen LogP contribution is -2.29. The third-order valence-electron chi connectivity index (χ3n) is 6.55. The predicted molar refractivity (Wildman–Crippen MR) is 147 cm³/mol. The number of amides is 1. The highest BCUT2D eigenvalue weighted by molar-refractivity contribution is 6.34. The Bertz CT molecular complexity index is 1360. The first kappa shape index (κ1) is 26.0. The van der Waals surface area contributed by atoms with Crippen LogP contribution in [0.3, 0.4) is 0 Å². The lowest BCUT2D eigenvalue weighted by molar-refractivity contribution is -0.113. The minimum absolute atomic E-state index is 0.106. The van der Waals surface area contributed by atoms with Gasteiger partial charge in [0.25, 0.3) is 5.91 Å². The molecule has 2 aromatic heterocycles. The van der Waals surface area contributed by atoms with Crippen molar-refractivity contribution < 1.29 is 19.0 Å². The first-order valence-corrected chi connectivity index (χ1v) is 12.8. The number of anilines is 2. The standard InChI is InChI=1S/C27H29ClN6O4/c1-3-23(35)29-12-17-14-37-15-21(17)33-27-31-11-16-10-20(19-7-4-8-22(36-2)24(19)28)32-26(25(16)34-27)30-13-18-6-5-9-38-18/h3-4,7-8,10-12,17-18,21H,1,5-6,9,13-15H2,2H3,(H,30,32)(H,31,33,34)/t17-,18?,21+/m0/s1. The highest BCUT2D eigenvalue weighted by Crippen LogP contribution is 2.36. The number of benzene rings is 1. The van der Waals surface area contributed by atoms with Gasteiger partial charge in [0, 0.05) is 42.4 Å². The zero-order chi connectivity index (χ0) is 26.5. The van der Waals surface area contributed by atoms with Crippen molar-refractivity contribution in [2.24, 2.45) is 10.9 Å². The molecule has 2 N–H and O–H groups in total. The summed E-state index contributed by atoms with van der Waals surface area (Å²) in [5.74, 6) is 1.11. The Kier molecular flexibility index (Phi) is 8.11. The van der Waals surface area contributed by atoms with E-state index in [-0.39, 0.29) is 18.1 Å². The monoisotopic (exact) mass is 536 g/mol. The van der Waals surface area contributed by atoms with Crippen LogP contribution < -0.4 is 15.4 Å². The molecule has 0 bridgehead atoms. The number of hydrogen-bond donors (Lipinski definition) is 2. The van der Waals surface area contributed by atoms with Crippen molar-refractivity contribution in [2.75, 3.05) is 44.1 Å². The first-order valence-electron chi connectivity index (χ1n) is 12.5. The van der Waals surface area contributed by atoms with Crippen molar-refractivity contribution in [1.82, 2.24) is 15.0 Å². The summed E-state index contributed by atoms with van der Waals surface area (Å²) in [6.07, 6.45) is 6.67. The van der Waals surface area contributed by atoms with Crippen LogP contribution in [0.25, 0.3) is 22.2 Å². The van der Waals surface area contributed by atoms with E-state index in [1.807, 2.05) is 24.3 Å². The third kappa shape index (κ3) is 5.77. The molecule has 2 saturated heterocycles. The van der Waals surface area contributed by atoms with E-state index < -0.39 is 5.91 Å². The van der Waals surface area contributed by atoms with Gasteiger partial charge < -0.3 is 24.8 Å². The van der Waals surface area contributed by atoms with Crippen LogP contribution in [0.5, 0.6) is 5.75 Å². The number of pyridine rings is 1. The van der Waals surface area contributed by atoms with E-state index in [2.05, 4.69) is 27.2 Å². The van der Waals surface area contributed by atoms with Crippen molar-refractivity contribution in [2.45, 2.75) is 25.0 Å². The summed E-state index contributed by atoms with van der Waals surface area (Å²) in [7, 11) is 1.58. The summed E-state index contributed by atoms with van der Waals surface area (Å²) in [6.45, 7) is 5.70. The number of methoxy groups -OCH3 is 1. The van der Waals surface area contributed by atoms with Gasteiger partial charge in [-0.05, 0) is 31.1 Å². The van der Waals surface area contributed by atoms with Gasteiger partial charge in [-0.15, -0.1) is 0 Å². The van der Waals surface area contributed by atoms with E-state index in [1.54, 1.807) is 19.5 Å². The molecule has 2 aliphatic rings. The molecule has 2 fully saturated rings. The normalized spacial score (nSPS) is 21.2. The summed E-state index contributed by atoms with van der Waals surface area (Å²) in [6, 6.07) is 7.36. The second kappa shape index (κ2) is 11.8. The van der Waals surface area contributed by atoms with Gasteiger partial charge in [-0.3, -0.25) is 4.79 Å². The number of hydrogen-bond acceptors (Lipinski definition) is 9. The van der Waals surface area contributed by atoms with Gasteiger partial charge in [0.05, 0.1) is 43.2 Å². The Morgan fingerprint density at radius 3 is 3.03 bits per heavy atom. The number of nitrogens with zero attached hydrogens (tertiary/aromatic N) is 4. The number of aliphatic imine (C=N–C) groups is 1. The van der Waals surface area contributed by atoms with Crippen LogP contribution in [0.15, 0.2) is 48.1 Å². The summed E-state index contributed by atoms with van der Waals surface area (Å²) in [5.41, 5.74) is 2.08. The highest BCUT2D eigenvalue weighted by atomic mass is 35.5. The summed E-state index contributed by atoms with van der Waals surface area (Å²) in [4.78, 5) is 29.7. The number of carbonyl (C=O) groups excluding carboxylic acids is 1. The zero-order valence-electron chi connectivity index (χ0n) is 21.0. The molecule has 3 atom stereocenters. The summed E-state index contributed by atoms with van der Waals surface area (Å²) < 4.78 is 16.8. The Morgan fingerprint density at radius 2 is 2.24 bits per heavy atom. The van der Waals surface area contributed by atoms with Crippen LogP contribution in [0.2, 0.25) is 5.02 Å². The second-order valence-corrected chi connectivity index (χ2v) is 9.48. The van der Waals surface area contributed by atoms with Gasteiger partial charge in [0.2, 0.25) is 5.95 Å². The lowest BCUT2D eigenvalue weighted by atomic mass is 10.1. The minimum Gasteiger partial charge on any atom is -0.495 e. The molecule has 198 valence electrons. The fourth-order valence-corrected chi connectivity index (χ4v) is 4.81. The summed E-state index contributed by atoms with van der Waals surface area (Å²) in [5, 5.41) is 8.04. The molecule has 2 aliphatic heterocycles. The van der Waals surface area contributed by atoms with E-state index in [9.17, 15) is 4.79 Å². The quantitative estimate of drug-likeness (QED) is 0.307. The van der Waals surface area contributed by atoms with Crippen molar-refractivity contribution in [3.8, 4) is 17.0 Å². The summed E-state index contributed by atoms with van der Waals surface area (Å²) >= 11 is 6.62. The van der Waals surface area contributed by atoms with Gasteiger partial charge >= 0.3 is 0 Å². The van der Waals surface area contributed by atoms with Gasteiger partial charge in [-0.2, -0.15) is 0 Å². The Morgan fingerprint density at radius 1 is 1.34 bits per heavy atom. The molecule has 38 heavy (non-hydrogen) atoms. The van der Waals surface area contributed by atoms with Gasteiger partial charge in [-0.1, -0.05) is 30.3 Å². The third-order valence-corrected chi connectivity index (χ3v) is 6.94. The van der Waals surface area contributed by atoms with E-state index in [1.165, 1.54) is 6.08 Å². The molecular weight excluding hydrogens is 508 g/mol. The van der Waals surface area contributed by atoms with E-state index >= 15 is 0 Å². The molecule has 0 aliphatic carbocycles. The molecule has 0 saturated carbocycles. The number of aromatic nitrogens is 3. The maximum Gasteiger partial charge on any atom is 0.268 e. The predicted octanol–water partition coefficient (Wildman–Crippen LogP) is 4.16. The van der Waals surface area contributed by atoms with Crippen molar-refractivity contribution >= 4 is 46.4 Å². The van der Waals surface area contributed by atoms with Crippen molar-refractivity contribution in [3.63, 3.8) is 0 Å². The topological polar surface area (TPSA) is 120 Å². The number of ether oxygens (including phenoxy) is 3. The molecule has 11 heteroatoms. The van der Waals surface area contributed by atoms with Crippen LogP contribution in [-0.4, -0.2) is 72.7 Å². The number of nitrogens with one attached hydrogen (secondary N) is 2. The van der Waals surface area contributed by atoms with Crippen molar-refractivity contribution in [1.29, 1.82) is 0 Å². The molecule has 0 radical (unpaired) electrons. The van der Waals surface area contributed by atoms with E-state index in [0.717, 1.165) is 30.4 Å². The van der Waals surface area contributed by atoms with Crippen LogP contribution in [0.1, 0.15) is 12.8 Å². The molecule has 4 heterocycles. The average Bonchev–Trinajstić information content (AvgIpc) is 3.62. The Balaban J connectivity index is 1.47. The number of fused-ring (bicyclic) bond motifs is 1. The van der Waals surface area contributed by atoms with Crippen LogP contribution >= 0.6 is 11.6 Å². The Hall–Kier alpha value is -3.60. The highest BCUT2D eigenvalue weighted by Gasteiger charge is 2.28. The average molecular weight is 537 g/mol. The van der Waals surface area contributed by atoms with Crippen LogP contribution in [0, 0.1) is 5.92 Å². The maximum absolute atomic E-state index is 11.5. The fraction of sp³-hybridized carbons (Fsp3) is 0.370. The van der Waals surface area contributed by atoms with Crippen LogP contribution in [-0.2, 0) is 14.3 Å². The molecule has 1 amide bonds. The molecule has 10 nitrogen and oxygen atoms in total. The molecule has 1 unspecified atom stereocenters. The molecule has 3 aromatic rings. The SMILES string of the molecule is C=CC(=O)N=C[C@H]1COC[C@H]1Nc1ncc2cc(-c3cccc(OC)c3Cl)nc(NCC3CCCO3)c2n1. The molecule has 0 spiro atoms. The maximum atomic E-state index is 11.5. The van der Waals surface area contributed by atoms with E-state index in [4.69, 9.17) is 35.8 Å². The van der Waals surface area contributed by atoms with Crippen molar-refractivity contribution in [3.05, 3.63) is 48.1 Å². The number of halogens is 1. The second-order valence-electron chi connectivity index (χ2n) is 9.10. The molecular formula is C27H29ClN6O4. The van der Waals surface area contributed by atoms with E-state index in [0.29, 0.717) is 53.5 Å². The molecule has 1 aromatic carbocycles. The Labute approximate surface area is 225 Å². The number of carbonyl (C=O) groups is 1. The van der Waals surface area contributed by atoms with Gasteiger partial charge in [0.15, 0.2) is 5.82 Å². The first-order chi connectivity index (χ1) is 18.6. The smallest absolute Gasteiger partial charge is 0.268 e. The van der Waals surface area contributed by atoms with Gasteiger partial charge in [0.1, 0.15) is 11.3 Å². The lowest BCUT2D eigenvalue weighted by Gasteiger charge is -2.17. The van der Waals surface area contributed by atoms with Gasteiger partial charge in [-0.25, -0.2) is 19.9 Å². The van der Waals surface area contributed by atoms with Crippen LogP contribution in [0.4, 0.5) is 11.8 Å². The largest absolute Gasteiger partial charge is 0.495 e. The number of rotatable bonds is 9. The zero-order valence-corrected chi connectivity index (χ0v) is 21.8. The minimum atomic E-state index is -0.391. The molecule has 5 rings (SSSR count).